The summed E-state index contributed by atoms with van der Waals surface area (Å²) in [5, 5.41) is 0. The fraction of sp³-hybridized carbons (Fsp3) is 0.478. The largest absolute Gasteiger partial charge is 0.497 e. The van der Waals surface area contributed by atoms with E-state index in [4.69, 9.17) is 28.4 Å². The van der Waals surface area contributed by atoms with Crippen LogP contribution in [0.1, 0.15) is 24.0 Å². The number of hydrogen-bond donors (Lipinski definition) is 0. The fourth-order valence-corrected chi connectivity index (χ4v) is 4.04. The molecule has 2 aromatic carbocycles. The van der Waals surface area contributed by atoms with Crippen molar-refractivity contribution >= 4 is 0 Å². The molecule has 0 aromatic heterocycles. The van der Waals surface area contributed by atoms with Gasteiger partial charge in [-0.15, -0.1) is 0 Å². The molecule has 1 saturated heterocycles. The lowest BCUT2D eigenvalue weighted by molar-refractivity contribution is 0.0676. The molecule has 30 heavy (non-hydrogen) atoms. The van der Waals surface area contributed by atoms with Crippen LogP contribution in [0.25, 0.3) is 0 Å². The monoisotopic (exact) mass is 415 g/mol. The van der Waals surface area contributed by atoms with Gasteiger partial charge < -0.3 is 28.4 Å². The lowest BCUT2D eigenvalue weighted by Crippen LogP contribution is -2.31. The second-order valence-corrected chi connectivity index (χ2v) is 7.51. The standard InChI is InChI=1S/C23H29NO6/c1-25-18-6-7-20(26-2)17(11-18)13-24(14-19-5-4-8-28-19)12-16-9-21(27-3)23-22(10-16)29-15-30-23/h6-7,9-11,19H,4-5,8,12-15H2,1-3H3. The normalized spacial score (nSPS) is 17.4. The Balaban J connectivity index is 1.59. The molecule has 0 aliphatic carbocycles. The van der Waals surface area contributed by atoms with Gasteiger partial charge in [0.25, 0.3) is 0 Å². The van der Waals surface area contributed by atoms with Gasteiger partial charge in [0.15, 0.2) is 11.5 Å². The molecule has 0 N–H and O–H groups in total. The lowest BCUT2D eigenvalue weighted by Gasteiger charge is -2.26. The van der Waals surface area contributed by atoms with Gasteiger partial charge >= 0.3 is 0 Å². The topological polar surface area (TPSA) is 58.6 Å². The van der Waals surface area contributed by atoms with Crippen molar-refractivity contribution in [3.05, 3.63) is 41.5 Å². The van der Waals surface area contributed by atoms with E-state index in [0.717, 1.165) is 54.4 Å². The summed E-state index contributed by atoms with van der Waals surface area (Å²) in [5.41, 5.74) is 2.17. The Kier molecular flexibility index (Phi) is 6.50. The number of hydrogen-bond acceptors (Lipinski definition) is 7. The quantitative estimate of drug-likeness (QED) is 0.620. The maximum absolute atomic E-state index is 5.91. The molecule has 2 aliphatic rings. The van der Waals surface area contributed by atoms with Gasteiger partial charge in [0, 0.05) is 31.8 Å². The van der Waals surface area contributed by atoms with E-state index in [0.29, 0.717) is 24.6 Å². The molecule has 2 heterocycles. The van der Waals surface area contributed by atoms with Crippen LogP contribution in [0.2, 0.25) is 0 Å². The van der Waals surface area contributed by atoms with Gasteiger partial charge in [-0.25, -0.2) is 0 Å². The van der Waals surface area contributed by atoms with E-state index in [1.165, 1.54) is 0 Å². The highest BCUT2D eigenvalue weighted by Gasteiger charge is 2.24. The predicted molar refractivity (Wildman–Crippen MR) is 112 cm³/mol. The van der Waals surface area contributed by atoms with E-state index >= 15 is 0 Å². The maximum Gasteiger partial charge on any atom is 0.231 e. The number of methoxy groups -OCH3 is 3. The summed E-state index contributed by atoms with van der Waals surface area (Å²) in [6.45, 7) is 3.30. The smallest absolute Gasteiger partial charge is 0.231 e. The number of ether oxygens (including phenoxy) is 6. The average molecular weight is 415 g/mol. The van der Waals surface area contributed by atoms with Crippen LogP contribution < -0.4 is 23.7 Å². The van der Waals surface area contributed by atoms with Gasteiger partial charge in [0.2, 0.25) is 12.5 Å². The molecular weight excluding hydrogens is 386 g/mol. The van der Waals surface area contributed by atoms with E-state index in [2.05, 4.69) is 4.90 Å². The van der Waals surface area contributed by atoms with Gasteiger partial charge in [-0.1, -0.05) is 0 Å². The predicted octanol–water partition coefficient (Wildman–Crippen LogP) is 3.62. The third kappa shape index (κ3) is 4.57. The van der Waals surface area contributed by atoms with Crippen LogP contribution in [0.5, 0.6) is 28.7 Å². The van der Waals surface area contributed by atoms with Crippen LogP contribution >= 0.6 is 0 Å². The highest BCUT2D eigenvalue weighted by atomic mass is 16.7. The molecule has 162 valence electrons. The van der Waals surface area contributed by atoms with Crippen molar-refractivity contribution in [1.29, 1.82) is 0 Å². The zero-order valence-electron chi connectivity index (χ0n) is 17.8. The SMILES string of the molecule is COc1ccc(OC)c(CN(Cc2cc(OC)c3c(c2)OCO3)CC2CCCO2)c1. The maximum atomic E-state index is 5.91. The van der Waals surface area contributed by atoms with Gasteiger partial charge in [-0.3, -0.25) is 4.90 Å². The number of nitrogens with zero attached hydrogens (tertiary/aromatic N) is 1. The Morgan fingerprint density at radius 2 is 1.83 bits per heavy atom. The third-order valence-corrected chi connectivity index (χ3v) is 5.49. The van der Waals surface area contributed by atoms with Crippen molar-refractivity contribution in [2.24, 2.45) is 0 Å². The first-order chi connectivity index (χ1) is 14.7. The van der Waals surface area contributed by atoms with Gasteiger partial charge in [-0.2, -0.15) is 0 Å². The number of fused-ring (bicyclic) bond motifs is 1. The highest BCUT2D eigenvalue weighted by molar-refractivity contribution is 5.55. The molecule has 0 bridgehead atoms. The number of benzene rings is 2. The summed E-state index contributed by atoms with van der Waals surface area (Å²) in [6.07, 6.45) is 2.42. The summed E-state index contributed by atoms with van der Waals surface area (Å²) in [6, 6.07) is 9.92. The van der Waals surface area contributed by atoms with Crippen LogP contribution in [0.3, 0.4) is 0 Å². The van der Waals surface area contributed by atoms with Crippen molar-refractivity contribution < 1.29 is 28.4 Å². The first-order valence-corrected chi connectivity index (χ1v) is 10.2. The van der Waals surface area contributed by atoms with Crippen molar-refractivity contribution in [3.63, 3.8) is 0 Å². The van der Waals surface area contributed by atoms with Crippen LogP contribution in [0.15, 0.2) is 30.3 Å². The zero-order valence-corrected chi connectivity index (χ0v) is 17.8. The van der Waals surface area contributed by atoms with E-state index in [1.807, 2.05) is 30.3 Å². The molecule has 1 fully saturated rings. The molecule has 0 amide bonds. The summed E-state index contributed by atoms with van der Waals surface area (Å²) in [4.78, 5) is 2.37. The molecule has 7 heteroatoms. The van der Waals surface area contributed by atoms with Crippen LogP contribution in [0, 0.1) is 0 Å². The summed E-state index contributed by atoms with van der Waals surface area (Å²) < 4.78 is 33.6. The third-order valence-electron chi connectivity index (χ3n) is 5.49. The molecule has 1 atom stereocenters. The van der Waals surface area contributed by atoms with E-state index in [9.17, 15) is 0 Å². The molecule has 0 saturated carbocycles. The van der Waals surface area contributed by atoms with Crippen LogP contribution in [-0.4, -0.2) is 52.3 Å². The van der Waals surface area contributed by atoms with Crippen LogP contribution in [-0.2, 0) is 17.8 Å². The first-order valence-electron chi connectivity index (χ1n) is 10.2. The summed E-state index contributed by atoms with van der Waals surface area (Å²) in [7, 11) is 5.01. The van der Waals surface area contributed by atoms with Crippen molar-refractivity contribution in [3.8, 4) is 28.7 Å². The Morgan fingerprint density at radius 1 is 0.967 bits per heavy atom. The minimum atomic E-state index is 0.218. The van der Waals surface area contributed by atoms with Gasteiger partial charge in [0.1, 0.15) is 11.5 Å². The second-order valence-electron chi connectivity index (χ2n) is 7.51. The van der Waals surface area contributed by atoms with Crippen molar-refractivity contribution in [1.82, 2.24) is 4.90 Å². The molecule has 1 unspecified atom stereocenters. The Labute approximate surface area is 177 Å². The Morgan fingerprint density at radius 3 is 2.57 bits per heavy atom. The molecule has 2 aliphatic heterocycles. The van der Waals surface area contributed by atoms with Crippen molar-refractivity contribution in [2.45, 2.75) is 32.0 Å². The average Bonchev–Trinajstić information content (AvgIpc) is 3.45. The lowest BCUT2D eigenvalue weighted by atomic mass is 10.1. The highest BCUT2D eigenvalue weighted by Crippen LogP contribution is 2.42. The first kappa shape index (κ1) is 20.6. The molecule has 0 radical (unpaired) electrons. The summed E-state index contributed by atoms with van der Waals surface area (Å²) in [5.74, 6) is 3.74. The number of rotatable bonds is 9. The Hall–Kier alpha value is -2.64. The van der Waals surface area contributed by atoms with Gasteiger partial charge in [0.05, 0.1) is 27.4 Å². The minimum Gasteiger partial charge on any atom is -0.497 e. The van der Waals surface area contributed by atoms with Crippen molar-refractivity contribution in [2.75, 3.05) is 41.3 Å². The van der Waals surface area contributed by atoms with Crippen LogP contribution in [0.4, 0.5) is 0 Å². The Bertz CT molecular complexity index is 865. The molecule has 0 spiro atoms. The zero-order chi connectivity index (χ0) is 20.9. The second kappa shape index (κ2) is 9.45. The molecule has 2 aromatic rings. The fourth-order valence-electron chi connectivity index (χ4n) is 4.04. The minimum absolute atomic E-state index is 0.218. The summed E-state index contributed by atoms with van der Waals surface area (Å²) >= 11 is 0. The molecular formula is C23H29NO6. The molecule has 7 nitrogen and oxygen atoms in total. The van der Waals surface area contributed by atoms with E-state index in [-0.39, 0.29) is 12.9 Å². The molecule has 4 rings (SSSR count). The van der Waals surface area contributed by atoms with E-state index in [1.54, 1.807) is 21.3 Å². The van der Waals surface area contributed by atoms with E-state index < -0.39 is 0 Å². The van der Waals surface area contributed by atoms with Gasteiger partial charge in [-0.05, 0) is 48.7 Å².